The fraction of sp³-hybridized carbons (Fsp3) is 0.231. The molecule has 1 heterocycles. The van der Waals surface area contributed by atoms with Crippen molar-refractivity contribution in [3.63, 3.8) is 0 Å². The van der Waals surface area contributed by atoms with E-state index in [0.717, 1.165) is 11.3 Å². The molecule has 0 fully saturated rings. The predicted octanol–water partition coefficient (Wildman–Crippen LogP) is 2.21. The molecule has 2 aromatic rings. The third-order valence-electron chi connectivity index (χ3n) is 2.69. The number of hydrogen-bond donors (Lipinski definition) is 2. The molecule has 4 nitrogen and oxygen atoms in total. The highest BCUT2D eigenvalue weighted by Crippen LogP contribution is 2.12. The molecule has 0 radical (unpaired) electrons. The van der Waals surface area contributed by atoms with Gasteiger partial charge in [-0.15, -0.1) is 0 Å². The number of rotatable bonds is 3. The smallest absolute Gasteiger partial charge is 0.272 e. The van der Waals surface area contributed by atoms with Gasteiger partial charge in [0.15, 0.2) is 0 Å². The summed E-state index contributed by atoms with van der Waals surface area (Å²) in [7, 11) is 0. The minimum Gasteiger partial charge on any atom is -0.348 e. The second kappa shape index (κ2) is 4.82. The molecular formula is C13H15N3O. The number of H-pyrrole nitrogens is 1. The fourth-order valence-electron chi connectivity index (χ4n) is 1.68. The van der Waals surface area contributed by atoms with Crippen molar-refractivity contribution in [3.8, 4) is 0 Å². The molecule has 0 aliphatic rings. The zero-order valence-electron chi connectivity index (χ0n) is 9.90. The maximum Gasteiger partial charge on any atom is 0.272 e. The van der Waals surface area contributed by atoms with Crippen molar-refractivity contribution in [2.45, 2.75) is 19.9 Å². The summed E-state index contributed by atoms with van der Waals surface area (Å²) in [6, 6.07) is 9.82. The van der Waals surface area contributed by atoms with Gasteiger partial charge >= 0.3 is 0 Å². The zero-order chi connectivity index (χ0) is 12.3. The largest absolute Gasteiger partial charge is 0.348 e. The molecule has 0 bridgehead atoms. The van der Waals surface area contributed by atoms with E-state index in [9.17, 15) is 4.79 Å². The number of nitrogens with one attached hydrogen (secondary N) is 2. The van der Waals surface area contributed by atoms with Crippen LogP contribution in [0.4, 0.5) is 0 Å². The van der Waals surface area contributed by atoms with Crippen molar-refractivity contribution in [1.82, 2.24) is 15.3 Å². The first-order valence-corrected chi connectivity index (χ1v) is 5.54. The van der Waals surface area contributed by atoms with Crippen LogP contribution in [0.1, 0.15) is 34.7 Å². The average molecular weight is 229 g/mol. The van der Waals surface area contributed by atoms with E-state index in [1.165, 1.54) is 6.33 Å². The zero-order valence-corrected chi connectivity index (χ0v) is 9.90. The molecule has 88 valence electrons. The molecule has 0 spiro atoms. The third kappa shape index (κ3) is 2.53. The first-order valence-electron chi connectivity index (χ1n) is 5.54. The van der Waals surface area contributed by atoms with Crippen LogP contribution < -0.4 is 5.32 Å². The molecule has 0 saturated carbocycles. The number of aromatic amines is 1. The molecular weight excluding hydrogens is 214 g/mol. The molecule has 17 heavy (non-hydrogen) atoms. The number of hydrogen-bond acceptors (Lipinski definition) is 2. The molecule has 1 aromatic carbocycles. The number of carbonyl (C=O) groups excluding carboxylic acids is 1. The van der Waals surface area contributed by atoms with Crippen LogP contribution in [-0.4, -0.2) is 15.9 Å². The van der Waals surface area contributed by atoms with Crippen LogP contribution in [0.3, 0.4) is 0 Å². The minimum atomic E-state index is -0.153. The molecule has 0 aliphatic heterocycles. The molecule has 4 heteroatoms. The Morgan fingerprint density at radius 1 is 1.35 bits per heavy atom. The van der Waals surface area contributed by atoms with Crippen LogP contribution in [0.15, 0.2) is 36.7 Å². The Labute approximate surface area is 100 Å². The van der Waals surface area contributed by atoms with Gasteiger partial charge in [0, 0.05) is 5.69 Å². The first-order chi connectivity index (χ1) is 8.18. The lowest BCUT2D eigenvalue weighted by molar-refractivity contribution is 0.0934. The van der Waals surface area contributed by atoms with E-state index in [2.05, 4.69) is 15.3 Å². The van der Waals surface area contributed by atoms with Gasteiger partial charge in [-0.3, -0.25) is 4.79 Å². The fourth-order valence-corrected chi connectivity index (χ4v) is 1.68. The van der Waals surface area contributed by atoms with Gasteiger partial charge in [-0.25, -0.2) is 4.98 Å². The Balaban J connectivity index is 2.08. The highest BCUT2D eigenvalue weighted by molar-refractivity contribution is 5.93. The normalized spacial score (nSPS) is 12.1. The van der Waals surface area contributed by atoms with Crippen LogP contribution in [0.25, 0.3) is 0 Å². The quantitative estimate of drug-likeness (QED) is 0.847. The molecule has 0 saturated heterocycles. The lowest BCUT2D eigenvalue weighted by Crippen LogP contribution is -2.27. The third-order valence-corrected chi connectivity index (χ3v) is 2.69. The van der Waals surface area contributed by atoms with Crippen molar-refractivity contribution < 1.29 is 4.79 Å². The second-order valence-electron chi connectivity index (χ2n) is 3.98. The van der Waals surface area contributed by atoms with Crippen molar-refractivity contribution in [1.29, 1.82) is 0 Å². The Hall–Kier alpha value is -2.10. The van der Waals surface area contributed by atoms with E-state index in [1.54, 1.807) is 0 Å². The number of imidazole rings is 1. The van der Waals surface area contributed by atoms with Gasteiger partial charge in [-0.05, 0) is 19.4 Å². The van der Waals surface area contributed by atoms with Crippen LogP contribution in [0.2, 0.25) is 0 Å². The number of aromatic nitrogens is 2. The maximum absolute atomic E-state index is 11.9. The second-order valence-corrected chi connectivity index (χ2v) is 3.98. The molecule has 2 N–H and O–H groups in total. The molecule has 1 unspecified atom stereocenters. The summed E-state index contributed by atoms with van der Waals surface area (Å²) in [5.74, 6) is -0.153. The van der Waals surface area contributed by atoms with Crippen LogP contribution in [-0.2, 0) is 0 Å². The van der Waals surface area contributed by atoms with E-state index in [4.69, 9.17) is 0 Å². The Morgan fingerprint density at radius 3 is 2.65 bits per heavy atom. The average Bonchev–Trinajstić information content (AvgIpc) is 2.76. The molecule has 1 atom stereocenters. The van der Waals surface area contributed by atoms with Gasteiger partial charge in [0.1, 0.15) is 5.69 Å². The van der Waals surface area contributed by atoms with Gasteiger partial charge in [0.2, 0.25) is 0 Å². The van der Waals surface area contributed by atoms with Crippen molar-refractivity contribution in [3.05, 3.63) is 53.6 Å². The van der Waals surface area contributed by atoms with Gasteiger partial charge in [0.05, 0.1) is 12.4 Å². The van der Waals surface area contributed by atoms with Crippen LogP contribution in [0, 0.1) is 6.92 Å². The van der Waals surface area contributed by atoms with Crippen molar-refractivity contribution in [2.75, 3.05) is 0 Å². The highest BCUT2D eigenvalue weighted by Gasteiger charge is 2.14. The SMILES string of the molecule is Cc1[nH]cnc1C(=O)NC(C)c1ccccc1. The summed E-state index contributed by atoms with van der Waals surface area (Å²) >= 11 is 0. The van der Waals surface area contributed by atoms with E-state index in [1.807, 2.05) is 44.2 Å². The molecule has 0 aliphatic carbocycles. The van der Waals surface area contributed by atoms with E-state index in [0.29, 0.717) is 5.69 Å². The summed E-state index contributed by atoms with van der Waals surface area (Å²) in [6.45, 7) is 3.78. The predicted molar refractivity (Wildman–Crippen MR) is 65.6 cm³/mol. The number of aryl methyl sites for hydroxylation is 1. The van der Waals surface area contributed by atoms with Gasteiger partial charge in [-0.2, -0.15) is 0 Å². The molecule has 1 amide bonds. The number of carbonyl (C=O) groups is 1. The van der Waals surface area contributed by atoms with E-state index >= 15 is 0 Å². The van der Waals surface area contributed by atoms with Gasteiger partial charge in [0.25, 0.3) is 5.91 Å². The molecule has 1 aromatic heterocycles. The van der Waals surface area contributed by atoms with E-state index < -0.39 is 0 Å². The van der Waals surface area contributed by atoms with Gasteiger partial charge < -0.3 is 10.3 Å². The Kier molecular flexibility index (Phi) is 3.23. The summed E-state index contributed by atoms with van der Waals surface area (Å²) in [5.41, 5.74) is 2.31. The summed E-state index contributed by atoms with van der Waals surface area (Å²) in [5, 5.41) is 2.92. The van der Waals surface area contributed by atoms with Crippen molar-refractivity contribution >= 4 is 5.91 Å². The highest BCUT2D eigenvalue weighted by atomic mass is 16.2. The van der Waals surface area contributed by atoms with Crippen molar-refractivity contribution in [2.24, 2.45) is 0 Å². The monoisotopic (exact) mass is 229 g/mol. The topological polar surface area (TPSA) is 57.8 Å². The van der Waals surface area contributed by atoms with Gasteiger partial charge in [-0.1, -0.05) is 30.3 Å². The first kappa shape index (κ1) is 11.4. The van der Waals surface area contributed by atoms with Crippen LogP contribution in [0.5, 0.6) is 0 Å². The number of amides is 1. The Morgan fingerprint density at radius 2 is 2.06 bits per heavy atom. The van der Waals surface area contributed by atoms with E-state index in [-0.39, 0.29) is 11.9 Å². The lowest BCUT2D eigenvalue weighted by atomic mass is 10.1. The summed E-state index contributed by atoms with van der Waals surface area (Å²) < 4.78 is 0. The van der Waals surface area contributed by atoms with Crippen LogP contribution >= 0.6 is 0 Å². The summed E-state index contributed by atoms with van der Waals surface area (Å²) in [6.07, 6.45) is 1.53. The molecule has 2 rings (SSSR count). The number of nitrogens with zero attached hydrogens (tertiary/aromatic N) is 1. The maximum atomic E-state index is 11.9. The lowest BCUT2D eigenvalue weighted by Gasteiger charge is -2.13. The Bertz CT molecular complexity index is 504. The number of benzene rings is 1. The standard InChI is InChI=1S/C13H15N3O/c1-9(11-6-4-3-5-7-11)16-13(17)12-10(2)14-8-15-12/h3-9H,1-2H3,(H,14,15)(H,16,17). The summed E-state index contributed by atoms with van der Waals surface area (Å²) in [4.78, 5) is 18.8. The minimum absolute atomic E-state index is 0.0280.